The second-order valence-corrected chi connectivity index (χ2v) is 7.93. The van der Waals surface area contributed by atoms with Crippen LogP contribution < -0.4 is 10.6 Å². The summed E-state index contributed by atoms with van der Waals surface area (Å²) in [5.74, 6) is -0.151. The largest absolute Gasteiger partial charge is 0.378 e. The van der Waals surface area contributed by atoms with Crippen LogP contribution in [0.3, 0.4) is 0 Å². The number of benzene rings is 1. The second kappa shape index (κ2) is 7.63. The van der Waals surface area contributed by atoms with Gasteiger partial charge < -0.3 is 20.3 Å². The summed E-state index contributed by atoms with van der Waals surface area (Å²) in [5.41, 5.74) is 0.847. The van der Waals surface area contributed by atoms with Crippen LogP contribution in [0.15, 0.2) is 24.3 Å². The van der Waals surface area contributed by atoms with Gasteiger partial charge in [-0.05, 0) is 39.0 Å². The van der Waals surface area contributed by atoms with Gasteiger partial charge in [0, 0.05) is 43.0 Å². The zero-order valence-electron chi connectivity index (χ0n) is 15.7. The van der Waals surface area contributed by atoms with Gasteiger partial charge in [-0.25, -0.2) is 4.79 Å². The summed E-state index contributed by atoms with van der Waals surface area (Å²) in [5, 5.41) is 5.84. The lowest BCUT2D eigenvalue weighted by atomic mass is 10.1. The third kappa shape index (κ3) is 4.74. The molecule has 2 saturated heterocycles. The lowest BCUT2D eigenvalue weighted by molar-refractivity contribution is -0.0355. The number of fused-ring (bicyclic) bond motifs is 1. The number of carbonyl (C=O) groups is 2. The van der Waals surface area contributed by atoms with Gasteiger partial charge in [-0.3, -0.25) is 9.69 Å². The van der Waals surface area contributed by atoms with E-state index in [9.17, 15) is 9.59 Å². The number of nitrogens with zero attached hydrogens (tertiary/aromatic N) is 2. The average molecular weight is 360 g/mol. The number of hydrogen-bond acceptors (Lipinski definition) is 4. The van der Waals surface area contributed by atoms with Crippen LogP contribution in [0.1, 0.15) is 31.1 Å². The Kier molecular flexibility index (Phi) is 5.48. The number of anilines is 1. The molecule has 2 fully saturated rings. The van der Waals surface area contributed by atoms with Crippen LogP contribution in [-0.2, 0) is 4.74 Å². The average Bonchev–Trinajstić information content (AvgIpc) is 2.60. The minimum absolute atomic E-state index is 0.136. The Morgan fingerprint density at radius 1 is 1.19 bits per heavy atom. The SMILES string of the molecule is CC(C)(C)NC(=O)c1cccc(NC(=O)N2CCN3CCOCC3C2)c1. The molecule has 2 heterocycles. The van der Waals surface area contributed by atoms with Crippen LogP contribution in [0.2, 0.25) is 0 Å². The fourth-order valence-electron chi connectivity index (χ4n) is 3.28. The van der Waals surface area contributed by atoms with Crippen molar-refractivity contribution in [1.29, 1.82) is 0 Å². The number of nitrogens with one attached hydrogen (secondary N) is 2. The summed E-state index contributed by atoms with van der Waals surface area (Å²) in [6.45, 7) is 10.4. The van der Waals surface area contributed by atoms with Gasteiger partial charge in [0.2, 0.25) is 0 Å². The third-order valence-electron chi connectivity index (χ3n) is 4.59. The van der Waals surface area contributed by atoms with Crippen molar-refractivity contribution in [3.05, 3.63) is 29.8 Å². The van der Waals surface area contributed by atoms with Gasteiger partial charge in [-0.1, -0.05) is 6.07 Å². The summed E-state index contributed by atoms with van der Waals surface area (Å²) in [6, 6.07) is 7.16. The number of rotatable bonds is 2. The molecule has 1 unspecified atom stereocenters. The standard InChI is InChI=1S/C19H28N4O3/c1-19(2,3)21-17(24)14-5-4-6-15(11-14)20-18(25)23-8-7-22-9-10-26-13-16(22)12-23/h4-6,11,16H,7-10,12-13H2,1-3H3,(H,20,25)(H,21,24). The zero-order valence-corrected chi connectivity index (χ0v) is 15.7. The topological polar surface area (TPSA) is 73.9 Å². The van der Waals surface area contributed by atoms with Crippen molar-refractivity contribution in [1.82, 2.24) is 15.1 Å². The summed E-state index contributed by atoms with van der Waals surface area (Å²) in [7, 11) is 0. The number of piperazine rings is 1. The van der Waals surface area contributed by atoms with Crippen LogP contribution in [0, 0.1) is 0 Å². The van der Waals surface area contributed by atoms with Crippen LogP contribution in [0.25, 0.3) is 0 Å². The van der Waals surface area contributed by atoms with E-state index in [4.69, 9.17) is 4.74 Å². The third-order valence-corrected chi connectivity index (χ3v) is 4.59. The van der Waals surface area contributed by atoms with Crippen molar-refractivity contribution < 1.29 is 14.3 Å². The molecule has 0 aliphatic carbocycles. The van der Waals surface area contributed by atoms with E-state index in [-0.39, 0.29) is 23.5 Å². The maximum atomic E-state index is 12.6. The lowest BCUT2D eigenvalue weighted by Gasteiger charge is -2.43. The molecule has 1 atom stereocenters. The maximum absolute atomic E-state index is 12.6. The fraction of sp³-hybridized carbons (Fsp3) is 0.579. The van der Waals surface area contributed by atoms with E-state index < -0.39 is 0 Å². The number of ether oxygens (including phenoxy) is 1. The molecule has 0 spiro atoms. The van der Waals surface area contributed by atoms with E-state index in [0.717, 1.165) is 19.7 Å². The lowest BCUT2D eigenvalue weighted by Crippen LogP contribution is -2.59. The predicted molar refractivity (Wildman–Crippen MR) is 100 cm³/mol. The van der Waals surface area contributed by atoms with Crippen LogP contribution in [0.4, 0.5) is 10.5 Å². The first-order chi connectivity index (χ1) is 12.3. The molecule has 0 bridgehead atoms. The highest BCUT2D eigenvalue weighted by Crippen LogP contribution is 2.17. The summed E-state index contributed by atoms with van der Waals surface area (Å²) < 4.78 is 5.52. The van der Waals surface area contributed by atoms with E-state index in [2.05, 4.69) is 15.5 Å². The minimum Gasteiger partial charge on any atom is -0.378 e. The van der Waals surface area contributed by atoms with Gasteiger partial charge in [-0.2, -0.15) is 0 Å². The predicted octanol–water partition coefficient (Wildman–Crippen LogP) is 1.76. The van der Waals surface area contributed by atoms with E-state index in [0.29, 0.717) is 30.9 Å². The Bertz CT molecular complexity index is 671. The molecule has 1 aromatic rings. The monoisotopic (exact) mass is 360 g/mol. The molecular formula is C19H28N4O3. The number of morpholine rings is 1. The zero-order chi connectivity index (χ0) is 18.7. The summed E-state index contributed by atoms with van der Waals surface area (Å²) in [6.07, 6.45) is 0. The highest BCUT2D eigenvalue weighted by Gasteiger charge is 2.31. The first kappa shape index (κ1) is 18.7. The van der Waals surface area contributed by atoms with E-state index in [1.54, 1.807) is 24.3 Å². The molecule has 0 aromatic heterocycles. The molecule has 26 heavy (non-hydrogen) atoms. The second-order valence-electron chi connectivity index (χ2n) is 7.93. The molecule has 1 aromatic carbocycles. The van der Waals surface area contributed by atoms with Crippen molar-refractivity contribution in [2.45, 2.75) is 32.4 Å². The van der Waals surface area contributed by atoms with Crippen molar-refractivity contribution >= 4 is 17.6 Å². The maximum Gasteiger partial charge on any atom is 0.321 e. The number of urea groups is 1. The van der Waals surface area contributed by atoms with Gasteiger partial charge >= 0.3 is 6.03 Å². The van der Waals surface area contributed by atoms with Crippen molar-refractivity contribution in [2.24, 2.45) is 0 Å². The van der Waals surface area contributed by atoms with E-state index in [1.807, 2.05) is 25.7 Å². The Morgan fingerprint density at radius 2 is 2.00 bits per heavy atom. The van der Waals surface area contributed by atoms with Gasteiger partial charge in [0.05, 0.1) is 19.3 Å². The number of carbonyl (C=O) groups excluding carboxylic acids is 2. The summed E-state index contributed by atoms with van der Waals surface area (Å²) in [4.78, 5) is 29.1. The van der Waals surface area contributed by atoms with Gasteiger partial charge in [0.1, 0.15) is 0 Å². The molecule has 7 nitrogen and oxygen atoms in total. The molecule has 0 radical (unpaired) electrons. The fourth-order valence-corrected chi connectivity index (χ4v) is 3.28. The van der Waals surface area contributed by atoms with Crippen LogP contribution in [-0.4, -0.2) is 72.7 Å². The van der Waals surface area contributed by atoms with Crippen molar-refractivity contribution in [3.8, 4) is 0 Å². The Balaban J connectivity index is 1.61. The van der Waals surface area contributed by atoms with E-state index in [1.165, 1.54) is 0 Å². The first-order valence-corrected chi connectivity index (χ1v) is 9.12. The van der Waals surface area contributed by atoms with Gasteiger partial charge in [0.25, 0.3) is 5.91 Å². The molecule has 2 N–H and O–H groups in total. The Hall–Kier alpha value is -2.12. The summed E-state index contributed by atoms with van der Waals surface area (Å²) >= 11 is 0. The van der Waals surface area contributed by atoms with Crippen molar-refractivity contribution in [2.75, 3.05) is 44.7 Å². The normalized spacial score (nSPS) is 21.0. The molecule has 0 saturated carbocycles. The minimum atomic E-state index is -0.307. The van der Waals surface area contributed by atoms with Gasteiger partial charge in [0.15, 0.2) is 0 Å². The molecule has 3 rings (SSSR count). The van der Waals surface area contributed by atoms with Gasteiger partial charge in [-0.15, -0.1) is 0 Å². The Morgan fingerprint density at radius 3 is 2.77 bits per heavy atom. The number of amides is 3. The Labute approximate surface area is 154 Å². The number of hydrogen-bond donors (Lipinski definition) is 2. The quantitative estimate of drug-likeness (QED) is 0.843. The highest BCUT2D eigenvalue weighted by molar-refractivity contribution is 5.97. The first-order valence-electron chi connectivity index (χ1n) is 9.12. The smallest absolute Gasteiger partial charge is 0.321 e. The van der Waals surface area contributed by atoms with Crippen LogP contribution in [0.5, 0.6) is 0 Å². The molecule has 2 aliphatic rings. The molecule has 2 aliphatic heterocycles. The molecular weight excluding hydrogens is 332 g/mol. The molecule has 3 amide bonds. The van der Waals surface area contributed by atoms with Crippen molar-refractivity contribution in [3.63, 3.8) is 0 Å². The molecule has 7 heteroatoms. The van der Waals surface area contributed by atoms with Crippen LogP contribution >= 0.6 is 0 Å². The van der Waals surface area contributed by atoms with E-state index >= 15 is 0 Å². The molecule has 142 valence electrons. The highest BCUT2D eigenvalue weighted by atomic mass is 16.5.